The van der Waals surface area contributed by atoms with E-state index in [0.717, 1.165) is 18.7 Å². The molecule has 1 aromatic carbocycles. The van der Waals surface area contributed by atoms with Gasteiger partial charge in [-0.1, -0.05) is 29.3 Å². The number of H-pyrrole nitrogens is 1. The highest BCUT2D eigenvalue weighted by Gasteiger charge is 2.26. The average molecular weight is 326 g/mol. The molecule has 2 aromatic rings. The topological polar surface area (TPSA) is 58.2 Å². The van der Waals surface area contributed by atoms with Gasteiger partial charge in [0.25, 0.3) is 5.56 Å². The summed E-state index contributed by atoms with van der Waals surface area (Å²) in [5.41, 5.74) is 0.256. The standard InChI is InChI=1S/C14H13Cl2N3O2/c15-9-2-1-3-10(6-9)21-11-4-5-19(8-11)12-7-17-18-14(20)13(12)16/h1-3,6-7,11H,4-5,8H2,(H,18,20). The Morgan fingerprint density at radius 2 is 2.24 bits per heavy atom. The predicted molar refractivity (Wildman–Crippen MR) is 82.6 cm³/mol. The largest absolute Gasteiger partial charge is 0.488 e. The van der Waals surface area contributed by atoms with Crippen molar-refractivity contribution in [1.29, 1.82) is 0 Å². The van der Waals surface area contributed by atoms with E-state index < -0.39 is 0 Å². The highest BCUT2D eigenvalue weighted by atomic mass is 35.5. The van der Waals surface area contributed by atoms with E-state index in [4.69, 9.17) is 27.9 Å². The number of halogens is 2. The summed E-state index contributed by atoms with van der Waals surface area (Å²) in [6, 6.07) is 7.31. The highest BCUT2D eigenvalue weighted by Crippen LogP contribution is 2.27. The molecule has 1 unspecified atom stereocenters. The molecule has 7 heteroatoms. The van der Waals surface area contributed by atoms with Crippen LogP contribution in [-0.2, 0) is 0 Å². The monoisotopic (exact) mass is 325 g/mol. The first-order chi connectivity index (χ1) is 10.1. The zero-order valence-electron chi connectivity index (χ0n) is 11.1. The Morgan fingerprint density at radius 3 is 3.05 bits per heavy atom. The summed E-state index contributed by atoms with van der Waals surface area (Å²) in [6.07, 6.45) is 2.43. The maximum Gasteiger partial charge on any atom is 0.285 e. The van der Waals surface area contributed by atoms with E-state index in [1.807, 2.05) is 17.0 Å². The lowest BCUT2D eigenvalue weighted by molar-refractivity contribution is 0.225. The number of hydrogen-bond donors (Lipinski definition) is 1. The van der Waals surface area contributed by atoms with Crippen LogP contribution in [0.3, 0.4) is 0 Å². The molecule has 1 aliphatic heterocycles. The van der Waals surface area contributed by atoms with Crippen molar-refractivity contribution in [2.45, 2.75) is 12.5 Å². The van der Waals surface area contributed by atoms with Crippen molar-refractivity contribution >= 4 is 28.9 Å². The lowest BCUT2D eigenvalue weighted by atomic mass is 10.3. The van der Waals surface area contributed by atoms with Crippen molar-refractivity contribution in [2.24, 2.45) is 0 Å². The van der Waals surface area contributed by atoms with Gasteiger partial charge < -0.3 is 9.64 Å². The third-order valence-electron chi connectivity index (χ3n) is 3.36. The Morgan fingerprint density at radius 1 is 1.38 bits per heavy atom. The van der Waals surface area contributed by atoms with E-state index in [1.165, 1.54) is 0 Å². The summed E-state index contributed by atoms with van der Waals surface area (Å²) in [5.74, 6) is 0.740. The zero-order valence-corrected chi connectivity index (χ0v) is 12.6. The number of aromatic amines is 1. The Labute approximate surface area is 131 Å². The molecule has 0 spiro atoms. The van der Waals surface area contributed by atoms with Gasteiger partial charge in [-0.05, 0) is 18.2 Å². The van der Waals surface area contributed by atoms with Crippen LogP contribution in [0.1, 0.15) is 6.42 Å². The smallest absolute Gasteiger partial charge is 0.285 e. The number of aromatic nitrogens is 2. The second-order valence-electron chi connectivity index (χ2n) is 4.83. The molecular weight excluding hydrogens is 313 g/mol. The van der Waals surface area contributed by atoms with Crippen molar-refractivity contribution < 1.29 is 4.74 Å². The molecule has 0 radical (unpaired) electrons. The number of nitrogens with zero attached hydrogens (tertiary/aromatic N) is 2. The molecule has 5 nitrogen and oxygen atoms in total. The van der Waals surface area contributed by atoms with Gasteiger partial charge in [0, 0.05) is 18.0 Å². The lowest BCUT2D eigenvalue weighted by Crippen LogP contribution is -2.26. The summed E-state index contributed by atoms with van der Waals surface area (Å²) in [4.78, 5) is 13.5. The maximum atomic E-state index is 11.5. The molecule has 1 aromatic heterocycles. The van der Waals surface area contributed by atoms with Crippen molar-refractivity contribution in [3.63, 3.8) is 0 Å². The van der Waals surface area contributed by atoms with Crippen LogP contribution in [0, 0.1) is 0 Å². The van der Waals surface area contributed by atoms with Crippen LogP contribution >= 0.6 is 23.2 Å². The van der Waals surface area contributed by atoms with Gasteiger partial charge in [-0.3, -0.25) is 4.79 Å². The molecular formula is C14H13Cl2N3O2. The van der Waals surface area contributed by atoms with Crippen molar-refractivity contribution in [1.82, 2.24) is 10.2 Å². The quantitative estimate of drug-likeness (QED) is 0.942. The Balaban J connectivity index is 1.71. The third kappa shape index (κ3) is 3.14. The van der Waals surface area contributed by atoms with E-state index >= 15 is 0 Å². The van der Waals surface area contributed by atoms with E-state index in [1.54, 1.807) is 18.3 Å². The molecule has 110 valence electrons. The van der Waals surface area contributed by atoms with Gasteiger partial charge in [-0.2, -0.15) is 5.10 Å². The molecule has 0 saturated carbocycles. The molecule has 1 aliphatic rings. The minimum Gasteiger partial charge on any atom is -0.488 e. The number of hydrogen-bond acceptors (Lipinski definition) is 4. The molecule has 2 heterocycles. The highest BCUT2D eigenvalue weighted by molar-refractivity contribution is 6.33. The van der Waals surface area contributed by atoms with Gasteiger partial charge in [-0.25, -0.2) is 5.10 Å². The molecule has 0 aliphatic carbocycles. The van der Waals surface area contributed by atoms with E-state index in [9.17, 15) is 4.79 Å². The second kappa shape index (κ2) is 5.95. The van der Waals surface area contributed by atoms with Gasteiger partial charge in [0.05, 0.1) is 18.4 Å². The van der Waals surface area contributed by atoms with Gasteiger partial charge in [0.1, 0.15) is 16.9 Å². The number of benzene rings is 1. The summed E-state index contributed by atoms with van der Waals surface area (Å²) < 4.78 is 5.90. The maximum absolute atomic E-state index is 11.5. The Hall–Kier alpha value is -1.72. The van der Waals surface area contributed by atoms with Crippen LogP contribution in [0.2, 0.25) is 10.0 Å². The lowest BCUT2D eigenvalue weighted by Gasteiger charge is -2.19. The average Bonchev–Trinajstić information content (AvgIpc) is 2.90. The first kappa shape index (κ1) is 14.2. The van der Waals surface area contributed by atoms with Gasteiger partial charge >= 0.3 is 0 Å². The fraction of sp³-hybridized carbons (Fsp3) is 0.286. The molecule has 1 N–H and O–H groups in total. The number of ether oxygens (including phenoxy) is 1. The van der Waals surface area contributed by atoms with Crippen LogP contribution in [-0.4, -0.2) is 29.4 Å². The van der Waals surface area contributed by atoms with E-state index in [0.29, 0.717) is 17.3 Å². The number of rotatable bonds is 3. The normalized spacial score (nSPS) is 18.0. The minimum atomic E-state index is -0.381. The minimum absolute atomic E-state index is 0.0267. The summed E-state index contributed by atoms with van der Waals surface area (Å²) in [6.45, 7) is 1.41. The number of nitrogens with one attached hydrogen (secondary N) is 1. The van der Waals surface area contributed by atoms with Crippen LogP contribution in [0.15, 0.2) is 35.3 Å². The molecule has 1 fully saturated rings. The van der Waals surface area contributed by atoms with Crippen LogP contribution in [0.5, 0.6) is 5.75 Å². The summed E-state index contributed by atoms with van der Waals surface area (Å²) in [7, 11) is 0. The van der Waals surface area contributed by atoms with E-state index in [2.05, 4.69) is 10.2 Å². The molecule has 21 heavy (non-hydrogen) atoms. The van der Waals surface area contributed by atoms with E-state index in [-0.39, 0.29) is 16.7 Å². The Bertz CT molecular complexity index is 705. The van der Waals surface area contributed by atoms with Gasteiger partial charge in [0.15, 0.2) is 0 Å². The summed E-state index contributed by atoms with van der Waals surface area (Å²) in [5, 5.41) is 6.90. The van der Waals surface area contributed by atoms with Crippen LogP contribution in [0.25, 0.3) is 0 Å². The van der Waals surface area contributed by atoms with Crippen molar-refractivity contribution in [2.75, 3.05) is 18.0 Å². The number of anilines is 1. The first-order valence-corrected chi connectivity index (χ1v) is 7.29. The van der Waals surface area contributed by atoms with Crippen LogP contribution < -0.4 is 15.2 Å². The Kier molecular flexibility index (Phi) is 4.03. The third-order valence-corrected chi connectivity index (χ3v) is 3.96. The van der Waals surface area contributed by atoms with Crippen molar-refractivity contribution in [3.05, 3.63) is 50.9 Å². The molecule has 0 bridgehead atoms. The zero-order chi connectivity index (χ0) is 14.8. The van der Waals surface area contributed by atoms with Gasteiger partial charge in [0.2, 0.25) is 0 Å². The van der Waals surface area contributed by atoms with Gasteiger partial charge in [-0.15, -0.1) is 0 Å². The molecule has 1 saturated heterocycles. The van der Waals surface area contributed by atoms with Crippen molar-refractivity contribution in [3.8, 4) is 5.75 Å². The molecule has 1 atom stereocenters. The molecule has 0 amide bonds. The predicted octanol–water partition coefficient (Wildman–Crippen LogP) is 2.73. The second-order valence-corrected chi connectivity index (χ2v) is 5.64. The van der Waals surface area contributed by atoms with Crippen LogP contribution in [0.4, 0.5) is 5.69 Å². The summed E-state index contributed by atoms with van der Waals surface area (Å²) >= 11 is 12.0. The fourth-order valence-electron chi connectivity index (χ4n) is 2.37. The SMILES string of the molecule is O=c1[nH]ncc(N2CCC(Oc3cccc(Cl)c3)C2)c1Cl. The fourth-order valence-corrected chi connectivity index (χ4v) is 2.76. The first-order valence-electron chi connectivity index (χ1n) is 6.54. The molecule has 3 rings (SSSR count).